The third kappa shape index (κ3) is 5.80. The number of ether oxygens (including phenoxy) is 1. The molecule has 2 fully saturated rings. The summed E-state index contributed by atoms with van der Waals surface area (Å²) in [5.74, 6) is 1.77. The van der Waals surface area contributed by atoms with Crippen molar-refractivity contribution in [2.45, 2.75) is 38.0 Å². The first-order valence-electron chi connectivity index (χ1n) is 9.63. The van der Waals surface area contributed by atoms with Gasteiger partial charge in [-0.1, -0.05) is 12.8 Å². The highest BCUT2D eigenvalue weighted by molar-refractivity contribution is 5.43. The minimum absolute atomic E-state index is 0.0673. The summed E-state index contributed by atoms with van der Waals surface area (Å²) >= 11 is 0. The molecule has 0 bridgehead atoms. The van der Waals surface area contributed by atoms with Crippen LogP contribution in [0.4, 0.5) is 11.8 Å². The van der Waals surface area contributed by atoms with Crippen molar-refractivity contribution in [1.82, 2.24) is 14.9 Å². The average Bonchev–Trinajstić information content (AvgIpc) is 3.05. The molecule has 7 heteroatoms. The summed E-state index contributed by atoms with van der Waals surface area (Å²) < 4.78 is 5.50. The number of nitrogens with one attached hydrogen (secondary N) is 2. The molecule has 1 unspecified atom stereocenters. The third-order valence-electron chi connectivity index (χ3n) is 4.92. The molecule has 0 aromatic carbocycles. The quantitative estimate of drug-likeness (QED) is 0.658. The molecular formula is C18H31N5O2. The van der Waals surface area contributed by atoms with Crippen molar-refractivity contribution in [3.63, 3.8) is 0 Å². The Kier molecular flexibility index (Phi) is 7.26. The molecule has 0 amide bonds. The van der Waals surface area contributed by atoms with Crippen LogP contribution in [0.1, 0.15) is 43.7 Å². The maximum atomic E-state index is 9.03. The summed E-state index contributed by atoms with van der Waals surface area (Å²) in [6, 6.07) is 2.05. The second kappa shape index (κ2) is 9.89. The Morgan fingerprint density at radius 2 is 1.96 bits per heavy atom. The van der Waals surface area contributed by atoms with Crippen molar-refractivity contribution in [3.05, 3.63) is 11.8 Å². The van der Waals surface area contributed by atoms with Gasteiger partial charge in [-0.3, -0.25) is 0 Å². The maximum absolute atomic E-state index is 9.03. The van der Waals surface area contributed by atoms with Gasteiger partial charge >= 0.3 is 0 Å². The lowest BCUT2D eigenvalue weighted by Crippen LogP contribution is -2.30. The zero-order valence-corrected chi connectivity index (χ0v) is 15.0. The summed E-state index contributed by atoms with van der Waals surface area (Å²) in [6.07, 6.45) is 6.36. The molecule has 3 rings (SSSR count). The second-order valence-corrected chi connectivity index (χ2v) is 6.90. The van der Waals surface area contributed by atoms with Gasteiger partial charge in [-0.25, -0.2) is 4.98 Å². The van der Waals surface area contributed by atoms with E-state index in [9.17, 15) is 0 Å². The first-order valence-corrected chi connectivity index (χ1v) is 9.63. The highest BCUT2D eigenvalue weighted by Crippen LogP contribution is 2.26. The standard InChI is InChI=1S/C18H31N5O2/c24-11-7-20-18-21-16(15-5-12-25-14-15)13-17(22-18)19-6-10-23-8-3-1-2-4-9-23/h13,15,24H,1-12,14H2,(H2,19,20,21,22). The van der Waals surface area contributed by atoms with Crippen LogP contribution in [0.3, 0.4) is 0 Å². The first kappa shape index (κ1) is 18.4. The Bertz CT molecular complexity index is 514. The fourth-order valence-electron chi connectivity index (χ4n) is 3.48. The zero-order chi connectivity index (χ0) is 17.3. The number of rotatable bonds is 8. The Labute approximate surface area is 150 Å². The third-order valence-corrected chi connectivity index (χ3v) is 4.92. The van der Waals surface area contributed by atoms with E-state index in [0.29, 0.717) is 18.4 Å². The van der Waals surface area contributed by atoms with Crippen molar-refractivity contribution >= 4 is 11.8 Å². The molecular weight excluding hydrogens is 318 g/mol. The molecule has 1 aromatic heterocycles. The molecule has 1 aromatic rings. The van der Waals surface area contributed by atoms with Crippen LogP contribution >= 0.6 is 0 Å². The van der Waals surface area contributed by atoms with E-state index in [4.69, 9.17) is 9.84 Å². The first-order chi connectivity index (χ1) is 12.3. The van der Waals surface area contributed by atoms with Gasteiger partial charge in [0.2, 0.25) is 5.95 Å². The topological polar surface area (TPSA) is 82.5 Å². The monoisotopic (exact) mass is 349 g/mol. The molecule has 3 heterocycles. The van der Waals surface area contributed by atoms with Crippen LogP contribution in [0.5, 0.6) is 0 Å². The van der Waals surface area contributed by atoms with Crippen molar-refractivity contribution < 1.29 is 9.84 Å². The zero-order valence-electron chi connectivity index (χ0n) is 15.0. The molecule has 2 aliphatic heterocycles. The summed E-state index contributed by atoms with van der Waals surface area (Å²) in [7, 11) is 0. The lowest BCUT2D eigenvalue weighted by Gasteiger charge is -2.20. The van der Waals surface area contributed by atoms with Gasteiger partial charge in [0.15, 0.2) is 0 Å². The van der Waals surface area contributed by atoms with E-state index in [1.54, 1.807) is 0 Å². The Hall–Kier alpha value is -1.44. The van der Waals surface area contributed by atoms with Crippen LogP contribution < -0.4 is 10.6 Å². The minimum Gasteiger partial charge on any atom is -0.395 e. The lowest BCUT2D eigenvalue weighted by molar-refractivity contribution is 0.193. The number of hydrogen-bond donors (Lipinski definition) is 3. The highest BCUT2D eigenvalue weighted by Gasteiger charge is 2.20. The number of hydrogen-bond acceptors (Lipinski definition) is 7. The number of anilines is 2. The molecule has 2 aliphatic rings. The fourth-order valence-corrected chi connectivity index (χ4v) is 3.48. The van der Waals surface area contributed by atoms with E-state index in [1.165, 1.54) is 38.8 Å². The normalized spacial score (nSPS) is 21.9. The number of aliphatic hydroxyl groups excluding tert-OH is 1. The van der Waals surface area contributed by atoms with Gasteiger partial charge in [0.1, 0.15) is 5.82 Å². The van der Waals surface area contributed by atoms with Crippen molar-refractivity contribution in [3.8, 4) is 0 Å². The summed E-state index contributed by atoms with van der Waals surface area (Å²) in [5.41, 5.74) is 1.02. The van der Waals surface area contributed by atoms with E-state index in [0.717, 1.165) is 44.2 Å². The van der Waals surface area contributed by atoms with Crippen LogP contribution in [0.25, 0.3) is 0 Å². The fraction of sp³-hybridized carbons (Fsp3) is 0.778. The molecule has 7 nitrogen and oxygen atoms in total. The molecule has 0 spiro atoms. The van der Waals surface area contributed by atoms with Crippen LogP contribution in [-0.2, 0) is 4.74 Å². The predicted molar refractivity (Wildman–Crippen MR) is 99.2 cm³/mol. The molecule has 2 saturated heterocycles. The predicted octanol–water partition coefficient (Wildman–Crippen LogP) is 1.67. The van der Waals surface area contributed by atoms with Crippen LogP contribution in [0.15, 0.2) is 6.07 Å². The van der Waals surface area contributed by atoms with Gasteiger partial charge < -0.3 is 25.4 Å². The van der Waals surface area contributed by atoms with Gasteiger partial charge in [-0.15, -0.1) is 0 Å². The van der Waals surface area contributed by atoms with Gasteiger partial charge in [-0.05, 0) is 32.4 Å². The van der Waals surface area contributed by atoms with Gasteiger partial charge in [-0.2, -0.15) is 4.98 Å². The smallest absolute Gasteiger partial charge is 0.224 e. The molecule has 140 valence electrons. The van der Waals surface area contributed by atoms with E-state index in [2.05, 4.69) is 25.5 Å². The van der Waals surface area contributed by atoms with Crippen molar-refractivity contribution in [2.75, 3.05) is 63.2 Å². The van der Waals surface area contributed by atoms with Gasteiger partial charge in [0.05, 0.1) is 18.9 Å². The summed E-state index contributed by atoms with van der Waals surface area (Å²) in [5, 5.41) is 15.6. The lowest BCUT2D eigenvalue weighted by atomic mass is 10.0. The van der Waals surface area contributed by atoms with Crippen LogP contribution in [0, 0.1) is 0 Å². The second-order valence-electron chi connectivity index (χ2n) is 6.90. The summed E-state index contributed by atoms with van der Waals surface area (Å²) in [4.78, 5) is 11.7. The number of aromatic nitrogens is 2. The van der Waals surface area contributed by atoms with Crippen molar-refractivity contribution in [2.24, 2.45) is 0 Å². The van der Waals surface area contributed by atoms with Crippen LogP contribution in [0.2, 0.25) is 0 Å². The molecule has 1 atom stereocenters. The molecule has 0 aliphatic carbocycles. The number of likely N-dealkylation sites (tertiary alicyclic amines) is 1. The van der Waals surface area contributed by atoms with E-state index >= 15 is 0 Å². The van der Waals surface area contributed by atoms with E-state index in [-0.39, 0.29) is 6.61 Å². The Balaban J connectivity index is 1.59. The Morgan fingerprint density at radius 3 is 2.68 bits per heavy atom. The van der Waals surface area contributed by atoms with Gasteiger partial charge in [0, 0.05) is 38.2 Å². The SMILES string of the molecule is OCCNc1nc(NCCN2CCCCCC2)cc(C2CCOC2)n1. The maximum Gasteiger partial charge on any atom is 0.224 e. The molecule has 25 heavy (non-hydrogen) atoms. The molecule has 0 saturated carbocycles. The van der Waals surface area contributed by atoms with Crippen molar-refractivity contribution in [1.29, 1.82) is 0 Å². The molecule has 0 radical (unpaired) electrons. The summed E-state index contributed by atoms with van der Waals surface area (Å²) in [6.45, 7) is 6.40. The average molecular weight is 349 g/mol. The van der Waals surface area contributed by atoms with Gasteiger partial charge in [0.25, 0.3) is 0 Å². The minimum atomic E-state index is 0.0673. The van der Waals surface area contributed by atoms with Crippen LogP contribution in [-0.4, -0.2) is 72.5 Å². The van der Waals surface area contributed by atoms with E-state index in [1.807, 2.05) is 6.07 Å². The molecule has 3 N–H and O–H groups in total. The number of nitrogens with zero attached hydrogens (tertiary/aromatic N) is 3. The Morgan fingerprint density at radius 1 is 1.12 bits per heavy atom. The highest BCUT2D eigenvalue weighted by atomic mass is 16.5. The van der Waals surface area contributed by atoms with E-state index < -0.39 is 0 Å². The largest absolute Gasteiger partial charge is 0.395 e. The number of aliphatic hydroxyl groups is 1.